The molecule has 2 N–H and O–H groups in total. The molecule has 4 nitrogen and oxygen atoms in total. The van der Waals surface area contributed by atoms with Gasteiger partial charge in [0.25, 0.3) is 0 Å². The third-order valence-corrected chi connectivity index (χ3v) is 5.08. The standard InChI is InChI=1S/C14H12BrNO3S2/c15-9-3-4-11(14(18)19)12(6-9)16-13(17)8-20-7-10-2-1-5-21-10/h1-6H,7-8H2,(H,16,17)(H,18,19). The lowest BCUT2D eigenvalue weighted by Gasteiger charge is -2.08. The van der Waals surface area contributed by atoms with Crippen molar-refractivity contribution in [2.24, 2.45) is 0 Å². The first kappa shape index (κ1) is 16.1. The predicted octanol–water partition coefficient (Wildman–Crippen LogP) is 4.08. The minimum Gasteiger partial charge on any atom is -0.478 e. The molecule has 0 fully saturated rings. The Hall–Kier alpha value is -1.31. The van der Waals surface area contributed by atoms with Gasteiger partial charge in [-0.1, -0.05) is 22.0 Å². The van der Waals surface area contributed by atoms with Crippen molar-refractivity contribution in [3.8, 4) is 0 Å². The summed E-state index contributed by atoms with van der Waals surface area (Å²) in [5.74, 6) is -0.222. The van der Waals surface area contributed by atoms with E-state index in [0.29, 0.717) is 10.2 Å². The van der Waals surface area contributed by atoms with Gasteiger partial charge < -0.3 is 10.4 Å². The van der Waals surface area contributed by atoms with Crippen LogP contribution in [-0.2, 0) is 10.5 Å². The lowest BCUT2D eigenvalue weighted by atomic mass is 10.2. The Bertz CT molecular complexity index is 644. The lowest BCUT2D eigenvalue weighted by Crippen LogP contribution is -2.16. The summed E-state index contributed by atoms with van der Waals surface area (Å²) in [6, 6.07) is 8.67. The molecule has 21 heavy (non-hydrogen) atoms. The molecule has 1 aromatic heterocycles. The number of hydrogen-bond donors (Lipinski definition) is 2. The fourth-order valence-corrected chi connectivity index (χ4v) is 3.66. The van der Waals surface area contributed by atoms with Crippen molar-refractivity contribution in [3.05, 3.63) is 50.6 Å². The van der Waals surface area contributed by atoms with Crippen molar-refractivity contribution in [2.45, 2.75) is 5.75 Å². The van der Waals surface area contributed by atoms with Crippen LogP contribution in [0, 0.1) is 0 Å². The average Bonchev–Trinajstić information content (AvgIpc) is 2.91. The van der Waals surface area contributed by atoms with Crippen molar-refractivity contribution in [1.29, 1.82) is 0 Å². The number of carboxylic acids is 1. The topological polar surface area (TPSA) is 66.4 Å². The van der Waals surface area contributed by atoms with Gasteiger partial charge in [-0.25, -0.2) is 4.79 Å². The monoisotopic (exact) mass is 385 g/mol. The second kappa shape index (κ2) is 7.63. The molecule has 1 aromatic carbocycles. The Morgan fingerprint density at radius 3 is 2.81 bits per heavy atom. The third kappa shape index (κ3) is 4.87. The van der Waals surface area contributed by atoms with E-state index in [4.69, 9.17) is 5.11 Å². The molecule has 110 valence electrons. The number of halogens is 1. The maximum atomic E-state index is 11.9. The highest BCUT2D eigenvalue weighted by Crippen LogP contribution is 2.22. The van der Waals surface area contributed by atoms with Crippen LogP contribution in [0.3, 0.4) is 0 Å². The second-order valence-electron chi connectivity index (χ2n) is 4.12. The summed E-state index contributed by atoms with van der Waals surface area (Å²) in [4.78, 5) is 24.2. The molecule has 0 saturated heterocycles. The van der Waals surface area contributed by atoms with Crippen LogP contribution >= 0.6 is 39.0 Å². The van der Waals surface area contributed by atoms with Gasteiger partial charge in [0.2, 0.25) is 5.91 Å². The molecule has 0 aliphatic rings. The molecule has 2 rings (SSSR count). The fourth-order valence-electron chi connectivity index (χ4n) is 1.63. The second-order valence-corrected chi connectivity index (χ2v) is 7.05. The zero-order valence-corrected chi connectivity index (χ0v) is 14.1. The van der Waals surface area contributed by atoms with Crippen molar-refractivity contribution in [1.82, 2.24) is 0 Å². The van der Waals surface area contributed by atoms with Gasteiger partial charge in [0.05, 0.1) is 17.0 Å². The van der Waals surface area contributed by atoms with Crippen LogP contribution in [0.5, 0.6) is 0 Å². The fraction of sp³-hybridized carbons (Fsp3) is 0.143. The first-order chi connectivity index (χ1) is 10.1. The average molecular weight is 386 g/mol. The Morgan fingerprint density at radius 2 is 2.14 bits per heavy atom. The SMILES string of the molecule is O=C(CSCc1cccs1)Nc1cc(Br)ccc1C(=O)O. The number of rotatable bonds is 6. The molecule has 0 aliphatic heterocycles. The van der Waals surface area contributed by atoms with Gasteiger partial charge in [0.1, 0.15) is 0 Å². The van der Waals surface area contributed by atoms with Crippen LogP contribution in [0.15, 0.2) is 40.2 Å². The van der Waals surface area contributed by atoms with Crippen LogP contribution in [0.1, 0.15) is 15.2 Å². The summed E-state index contributed by atoms with van der Waals surface area (Å²) in [5.41, 5.74) is 0.383. The van der Waals surface area contributed by atoms with Crippen LogP contribution in [0.4, 0.5) is 5.69 Å². The van der Waals surface area contributed by atoms with Crippen LogP contribution < -0.4 is 5.32 Å². The van der Waals surface area contributed by atoms with E-state index >= 15 is 0 Å². The zero-order chi connectivity index (χ0) is 15.2. The minimum absolute atomic E-state index is 0.0785. The number of carbonyl (C=O) groups excluding carboxylic acids is 1. The van der Waals surface area contributed by atoms with Crippen LogP contribution in [0.25, 0.3) is 0 Å². The molecule has 7 heteroatoms. The Morgan fingerprint density at radius 1 is 1.33 bits per heavy atom. The number of nitrogens with one attached hydrogen (secondary N) is 1. The molecular weight excluding hydrogens is 374 g/mol. The molecule has 1 amide bonds. The van der Waals surface area contributed by atoms with Gasteiger partial charge in [0.15, 0.2) is 0 Å². The number of anilines is 1. The molecule has 0 saturated carbocycles. The number of amides is 1. The van der Waals surface area contributed by atoms with Gasteiger partial charge in [-0.05, 0) is 29.6 Å². The Kier molecular flexibility index (Phi) is 5.84. The van der Waals surface area contributed by atoms with Crippen molar-refractivity contribution >= 4 is 56.6 Å². The number of hydrogen-bond acceptors (Lipinski definition) is 4. The van der Waals surface area contributed by atoms with Crippen LogP contribution in [-0.4, -0.2) is 22.7 Å². The van der Waals surface area contributed by atoms with Gasteiger partial charge in [0, 0.05) is 15.1 Å². The molecule has 0 unspecified atom stereocenters. The largest absolute Gasteiger partial charge is 0.478 e. The predicted molar refractivity (Wildman–Crippen MR) is 90.2 cm³/mol. The van der Waals surface area contributed by atoms with E-state index in [1.807, 2.05) is 17.5 Å². The first-order valence-electron chi connectivity index (χ1n) is 5.99. The number of carbonyl (C=O) groups is 2. The minimum atomic E-state index is -1.07. The number of thiophene rings is 1. The highest BCUT2D eigenvalue weighted by molar-refractivity contribution is 9.10. The van der Waals surface area contributed by atoms with Gasteiger partial charge in [-0.15, -0.1) is 23.1 Å². The summed E-state index contributed by atoms with van der Waals surface area (Å²) in [6.45, 7) is 0. The van der Waals surface area contributed by atoms with Gasteiger partial charge in [-0.3, -0.25) is 4.79 Å². The zero-order valence-electron chi connectivity index (χ0n) is 10.8. The third-order valence-electron chi connectivity index (χ3n) is 2.54. The molecule has 0 spiro atoms. The van der Waals surface area contributed by atoms with E-state index < -0.39 is 5.97 Å². The number of carboxylic acid groups (broad SMARTS) is 1. The highest BCUT2D eigenvalue weighted by atomic mass is 79.9. The molecule has 2 aromatic rings. The van der Waals surface area contributed by atoms with Crippen molar-refractivity contribution in [3.63, 3.8) is 0 Å². The van der Waals surface area contributed by atoms with Crippen molar-refractivity contribution in [2.75, 3.05) is 11.1 Å². The normalized spacial score (nSPS) is 10.3. The molecule has 0 bridgehead atoms. The smallest absolute Gasteiger partial charge is 0.337 e. The molecule has 0 aliphatic carbocycles. The number of thioether (sulfide) groups is 1. The molecular formula is C14H12BrNO3S2. The number of aromatic carboxylic acids is 1. The van der Waals surface area contributed by atoms with Crippen molar-refractivity contribution < 1.29 is 14.7 Å². The van der Waals surface area contributed by atoms with E-state index in [9.17, 15) is 9.59 Å². The summed E-state index contributed by atoms with van der Waals surface area (Å²) >= 11 is 6.41. The first-order valence-corrected chi connectivity index (χ1v) is 8.82. The Balaban J connectivity index is 1.93. The summed E-state index contributed by atoms with van der Waals surface area (Å²) in [5, 5.41) is 13.7. The molecule has 1 heterocycles. The summed E-state index contributed by atoms with van der Waals surface area (Å²) < 4.78 is 0.717. The lowest BCUT2D eigenvalue weighted by molar-refractivity contribution is -0.113. The summed E-state index contributed by atoms with van der Waals surface area (Å²) in [7, 11) is 0. The maximum absolute atomic E-state index is 11.9. The van der Waals surface area contributed by atoms with Crippen LogP contribution in [0.2, 0.25) is 0 Å². The summed E-state index contributed by atoms with van der Waals surface area (Å²) in [6.07, 6.45) is 0. The van der Waals surface area contributed by atoms with E-state index in [1.54, 1.807) is 23.5 Å². The maximum Gasteiger partial charge on any atom is 0.337 e. The Labute approximate surface area is 138 Å². The van der Waals surface area contributed by atoms with E-state index in [-0.39, 0.29) is 17.2 Å². The number of benzene rings is 1. The quantitative estimate of drug-likeness (QED) is 0.785. The molecule has 0 radical (unpaired) electrons. The van der Waals surface area contributed by atoms with E-state index in [2.05, 4.69) is 21.2 Å². The van der Waals surface area contributed by atoms with Gasteiger partial charge >= 0.3 is 5.97 Å². The van der Waals surface area contributed by atoms with Gasteiger partial charge in [-0.2, -0.15) is 0 Å². The van der Waals surface area contributed by atoms with E-state index in [1.165, 1.54) is 22.7 Å². The van der Waals surface area contributed by atoms with E-state index in [0.717, 1.165) is 5.75 Å². The molecule has 0 atom stereocenters. The highest BCUT2D eigenvalue weighted by Gasteiger charge is 2.13.